The van der Waals surface area contributed by atoms with Gasteiger partial charge in [0.25, 0.3) is 0 Å². The molecule has 3 heteroatoms. The summed E-state index contributed by atoms with van der Waals surface area (Å²) >= 11 is 0. The van der Waals surface area contributed by atoms with Crippen molar-refractivity contribution < 1.29 is 17.4 Å². The fourth-order valence-electron chi connectivity index (χ4n) is 0.682. The fraction of sp³-hybridized carbons (Fsp3) is 0.833. The topological polar surface area (TPSA) is 46.5 Å². The van der Waals surface area contributed by atoms with Crippen molar-refractivity contribution in [2.75, 3.05) is 13.7 Å². The quantitative estimate of drug-likeness (QED) is 0.535. The number of carbonyl (C=O) groups excluding carboxylic acids is 1. The van der Waals surface area contributed by atoms with E-state index in [1.807, 2.05) is 0 Å². The molecule has 1 rings (SSSR count). The van der Waals surface area contributed by atoms with Gasteiger partial charge in [-0.05, 0) is 12.8 Å². The smallest absolute Gasteiger partial charge is 0.314 e. The highest BCUT2D eigenvalue weighted by Gasteiger charge is 2.50. The molecule has 1 N–H and O–H groups in total. The highest BCUT2D eigenvalue weighted by molar-refractivity contribution is 5.79. The predicted octanol–water partition coefficient (Wildman–Crippen LogP) is -0.0681. The number of methoxy groups -OCH3 is 1. The summed E-state index contributed by atoms with van der Waals surface area (Å²) in [5.41, 5.74) is -1.28. The maximum atomic E-state index is 10.9. The van der Waals surface area contributed by atoms with Crippen LogP contribution in [0.5, 0.6) is 0 Å². The molecule has 9 heavy (non-hydrogen) atoms. The summed E-state index contributed by atoms with van der Waals surface area (Å²) in [6, 6.07) is 0. The van der Waals surface area contributed by atoms with Crippen molar-refractivity contribution in [3.05, 3.63) is 0 Å². The molecule has 0 bridgehead atoms. The number of carbonyl (C=O) groups is 1. The summed E-state index contributed by atoms with van der Waals surface area (Å²) in [6.45, 7) is -2.44. The van der Waals surface area contributed by atoms with Crippen LogP contribution in [0.4, 0.5) is 0 Å². The average Bonchev–Trinajstić information content (AvgIpc) is 2.63. The van der Waals surface area contributed by atoms with Gasteiger partial charge < -0.3 is 9.84 Å². The Bertz CT molecular complexity index is 181. The van der Waals surface area contributed by atoms with Gasteiger partial charge >= 0.3 is 5.97 Å². The van der Waals surface area contributed by atoms with Crippen LogP contribution in [0, 0.1) is 5.41 Å². The van der Waals surface area contributed by atoms with Gasteiger partial charge in [0.15, 0.2) is 0 Å². The van der Waals surface area contributed by atoms with E-state index in [2.05, 4.69) is 4.74 Å². The molecule has 0 saturated heterocycles. The monoisotopic (exact) mass is 132 g/mol. The van der Waals surface area contributed by atoms with Crippen molar-refractivity contribution in [2.45, 2.75) is 12.8 Å². The number of hydrogen-bond acceptors (Lipinski definition) is 3. The summed E-state index contributed by atoms with van der Waals surface area (Å²) in [5, 5.41) is 8.94. The Hall–Kier alpha value is -0.570. The number of ether oxygens (including phenoxy) is 1. The highest BCUT2D eigenvalue weighted by Crippen LogP contribution is 2.45. The van der Waals surface area contributed by atoms with Crippen LogP contribution in [0.15, 0.2) is 0 Å². The lowest BCUT2D eigenvalue weighted by molar-refractivity contribution is -0.148. The molecule has 0 aromatic rings. The Morgan fingerprint density at radius 3 is 2.67 bits per heavy atom. The second-order valence-electron chi connectivity index (χ2n) is 2.19. The van der Waals surface area contributed by atoms with Crippen molar-refractivity contribution >= 4 is 5.97 Å². The van der Waals surface area contributed by atoms with Crippen LogP contribution in [0.25, 0.3) is 0 Å². The SMILES string of the molecule is [2H]C([2H])(O)C1(C(=O)OC)CC1. The molecule has 0 atom stereocenters. The third-order valence-electron chi connectivity index (χ3n) is 1.54. The van der Waals surface area contributed by atoms with Gasteiger partial charge in [-0.2, -0.15) is 0 Å². The van der Waals surface area contributed by atoms with Gasteiger partial charge in [0, 0.05) is 0 Å². The van der Waals surface area contributed by atoms with Crippen molar-refractivity contribution in [3.63, 3.8) is 0 Å². The van der Waals surface area contributed by atoms with Crippen molar-refractivity contribution in [3.8, 4) is 0 Å². The molecule has 0 aliphatic heterocycles. The Morgan fingerprint density at radius 1 is 2.00 bits per heavy atom. The zero-order chi connectivity index (χ0) is 8.70. The standard InChI is InChI=1S/C6H10O3/c1-9-5(8)6(4-7)2-3-6/h7H,2-4H2,1H3/i4D2. The number of rotatable bonds is 2. The van der Waals surface area contributed by atoms with Crippen molar-refractivity contribution in [1.29, 1.82) is 0 Å². The van der Waals surface area contributed by atoms with E-state index < -0.39 is 17.9 Å². The van der Waals surface area contributed by atoms with E-state index in [0.717, 1.165) is 0 Å². The van der Waals surface area contributed by atoms with Gasteiger partial charge in [-0.1, -0.05) is 0 Å². The van der Waals surface area contributed by atoms with Crippen LogP contribution in [-0.2, 0) is 9.53 Å². The molecule has 0 unspecified atom stereocenters. The van der Waals surface area contributed by atoms with Gasteiger partial charge in [-0.3, -0.25) is 4.79 Å². The fourth-order valence-corrected chi connectivity index (χ4v) is 0.682. The lowest BCUT2D eigenvalue weighted by Gasteiger charge is -2.06. The summed E-state index contributed by atoms with van der Waals surface area (Å²) in [5.74, 6) is -0.662. The lowest BCUT2D eigenvalue weighted by atomic mass is 10.1. The zero-order valence-corrected chi connectivity index (χ0v) is 5.18. The number of hydrogen-bond donors (Lipinski definition) is 1. The molecule has 0 aromatic heterocycles. The first kappa shape index (κ1) is 4.28. The second-order valence-corrected chi connectivity index (χ2v) is 2.19. The Labute approximate surface area is 56.4 Å². The average molecular weight is 132 g/mol. The normalized spacial score (nSPS) is 26.0. The maximum absolute atomic E-state index is 10.9. The van der Waals surface area contributed by atoms with E-state index >= 15 is 0 Å². The third-order valence-corrected chi connectivity index (χ3v) is 1.54. The number of esters is 1. The molecule has 1 saturated carbocycles. The Balaban J connectivity index is 2.76. The summed E-state index contributed by atoms with van der Waals surface area (Å²) < 4.78 is 18.3. The Kier molecular flexibility index (Phi) is 0.945. The third kappa shape index (κ3) is 0.920. The van der Waals surface area contributed by atoms with Crippen LogP contribution < -0.4 is 0 Å². The van der Waals surface area contributed by atoms with E-state index in [9.17, 15) is 4.79 Å². The molecule has 0 amide bonds. The molecule has 1 fully saturated rings. The van der Waals surface area contributed by atoms with Crippen LogP contribution in [0.3, 0.4) is 0 Å². The van der Waals surface area contributed by atoms with Gasteiger partial charge in [0.05, 0.1) is 21.8 Å². The molecular formula is C6H10O3. The molecule has 1 aliphatic carbocycles. The minimum Gasteiger partial charge on any atom is -0.469 e. The summed E-state index contributed by atoms with van der Waals surface area (Å²) in [4.78, 5) is 10.9. The molecule has 3 nitrogen and oxygen atoms in total. The van der Waals surface area contributed by atoms with E-state index in [0.29, 0.717) is 12.8 Å². The van der Waals surface area contributed by atoms with Crippen molar-refractivity contribution in [2.24, 2.45) is 5.41 Å². The molecular weight excluding hydrogens is 120 g/mol. The van der Waals surface area contributed by atoms with Crippen molar-refractivity contribution in [1.82, 2.24) is 0 Å². The van der Waals surface area contributed by atoms with Crippen LogP contribution in [-0.4, -0.2) is 24.7 Å². The first-order valence-corrected chi connectivity index (χ1v) is 2.75. The number of aliphatic hydroxyl groups is 1. The van der Waals surface area contributed by atoms with E-state index in [4.69, 9.17) is 7.85 Å². The summed E-state index contributed by atoms with van der Waals surface area (Å²) in [6.07, 6.45) is 0.729. The molecule has 0 aromatic carbocycles. The maximum Gasteiger partial charge on any atom is 0.314 e. The minimum atomic E-state index is -2.44. The van der Waals surface area contributed by atoms with Crippen LogP contribution in [0.2, 0.25) is 0 Å². The van der Waals surface area contributed by atoms with Gasteiger partial charge in [-0.15, -0.1) is 0 Å². The van der Waals surface area contributed by atoms with E-state index in [1.54, 1.807) is 0 Å². The predicted molar refractivity (Wildman–Crippen MR) is 30.8 cm³/mol. The lowest BCUT2D eigenvalue weighted by Crippen LogP contribution is -2.20. The largest absolute Gasteiger partial charge is 0.469 e. The first-order chi connectivity index (χ1) is 4.94. The summed E-state index contributed by atoms with van der Waals surface area (Å²) in [7, 11) is 1.19. The minimum absolute atomic E-state index is 0.364. The molecule has 0 radical (unpaired) electrons. The van der Waals surface area contributed by atoms with E-state index in [-0.39, 0.29) is 0 Å². The molecule has 1 aliphatic rings. The van der Waals surface area contributed by atoms with Gasteiger partial charge in [0.1, 0.15) is 0 Å². The zero-order valence-electron chi connectivity index (χ0n) is 7.18. The molecule has 0 spiro atoms. The van der Waals surface area contributed by atoms with Gasteiger partial charge in [-0.25, -0.2) is 0 Å². The van der Waals surface area contributed by atoms with Gasteiger partial charge in [0.2, 0.25) is 0 Å². The first-order valence-electron chi connectivity index (χ1n) is 3.75. The Morgan fingerprint density at radius 2 is 2.56 bits per heavy atom. The molecule has 0 heterocycles. The van der Waals surface area contributed by atoms with E-state index in [1.165, 1.54) is 7.11 Å². The second kappa shape index (κ2) is 1.99. The molecule has 52 valence electrons. The highest BCUT2D eigenvalue weighted by atomic mass is 16.5. The van der Waals surface area contributed by atoms with Crippen LogP contribution in [0.1, 0.15) is 15.6 Å². The van der Waals surface area contributed by atoms with Crippen LogP contribution >= 0.6 is 0 Å².